The fourth-order valence-electron chi connectivity index (χ4n) is 2.67. The molecular weight excluding hydrogens is 419 g/mol. The first kappa shape index (κ1) is 18.6. The van der Waals surface area contributed by atoms with Gasteiger partial charge in [0, 0.05) is 31.8 Å². The summed E-state index contributed by atoms with van der Waals surface area (Å²) < 4.78 is 0. The fraction of sp³-hybridized carbons (Fsp3) is 0.0476. The number of benzene rings is 3. The van der Waals surface area contributed by atoms with Crippen LogP contribution in [0.25, 0.3) is 0 Å². The lowest BCUT2D eigenvalue weighted by atomic mass is 10.1. The predicted molar refractivity (Wildman–Crippen MR) is 118 cm³/mol. The normalized spacial score (nSPS) is 14.6. The summed E-state index contributed by atoms with van der Waals surface area (Å²) in [4.78, 5) is 9.69. The Morgan fingerprint density at radius 3 is 1.59 bits per heavy atom. The molecule has 134 valence electrons. The van der Waals surface area contributed by atoms with E-state index in [4.69, 9.17) is 44.8 Å². The molecule has 0 aliphatic carbocycles. The Hall–Kier alpha value is -1.78. The predicted octanol–water partition coefficient (Wildman–Crippen LogP) is 7.29. The van der Waals surface area contributed by atoms with Crippen LogP contribution in [0.3, 0.4) is 0 Å². The maximum Gasteiger partial charge on any atom is 0.169 e. The summed E-state index contributed by atoms with van der Waals surface area (Å²) in [5, 5.41) is 3.77. The molecule has 0 atom stereocenters. The molecule has 0 aromatic heterocycles. The van der Waals surface area contributed by atoms with Crippen molar-refractivity contribution in [2.75, 3.05) is 0 Å². The SMILES string of the molecule is Clc1ccc(C2=NC(c3ccccc3Cl)N=C(c3ccc(Cl)cc3)S2)cc1. The third kappa shape index (κ3) is 4.22. The maximum atomic E-state index is 6.41. The topological polar surface area (TPSA) is 24.7 Å². The second kappa shape index (κ2) is 8.07. The van der Waals surface area contributed by atoms with Crippen molar-refractivity contribution in [3.63, 3.8) is 0 Å². The minimum atomic E-state index is -0.406. The number of nitrogens with zero attached hydrogens (tertiary/aromatic N) is 2. The first-order valence-electron chi connectivity index (χ1n) is 8.20. The highest BCUT2D eigenvalue weighted by Crippen LogP contribution is 2.35. The van der Waals surface area contributed by atoms with Gasteiger partial charge < -0.3 is 0 Å². The number of hydrogen-bond acceptors (Lipinski definition) is 3. The van der Waals surface area contributed by atoms with Crippen LogP contribution in [0.4, 0.5) is 0 Å². The third-order valence-electron chi connectivity index (χ3n) is 4.04. The first-order valence-corrected chi connectivity index (χ1v) is 10.1. The Balaban J connectivity index is 1.79. The average Bonchev–Trinajstić information content (AvgIpc) is 2.69. The van der Waals surface area contributed by atoms with Crippen molar-refractivity contribution in [3.05, 3.63) is 105 Å². The van der Waals surface area contributed by atoms with Crippen molar-refractivity contribution < 1.29 is 0 Å². The van der Waals surface area contributed by atoms with E-state index < -0.39 is 6.17 Å². The standard InChI is InChI=1S/C21H13Cl3N2S/c22-15-9-5-13(6-10-15)20-25-19(17-3-1-2-4-18(17)24)26-21(27-20)14-7-11-16(23)12-8-14/h1-12,19H. The van der Waals surface area contributed by atoms with Crippen molar-refractivity contribution in [2.24, 2.45) is 9.98 Å². The van der Waals surface area contributed by atoms with Crippen molar-refractivity contribution in [3.8, 4) is 0 Å². The lowest BCUT2D eigenvalue weighted by Gasteiger charge is -2.20. The van der Waals surface area contributed by atoms with Crippen LogP contribution < -0.4 is 0 Å². The van der Waals surface area contributed by atoms with Crippen LogP contribution in [-0.2, 0) is 0 Å². The van der Waals surface area contributed by atoms with Crippen molar-refractivity contribution in [2.45, 2.75) is 6.17 Å². The number of rotatable bonds is 3. The Bertz CT molecular complexity index is 967. The minimum absolute atomic E-state index is 0.406. The molecule has 0 radical (unpaired) electrons. The van der Waals surface area contributed by atoms with E-state index in [9.17, 15) is 0 Å². The van der Waals surface area contributed by atoms with Gasteiger partial charge in [-0.3, -0.25) is 0 Å². The third-order valence-corrected chi connectivity index (χ3v) is 5.96. The second-order valence-corrected chi connectivity index (χ2v) is 8.14. The molecule has 0 bridgehead atoms. The lowest BCUT2D eigenvalue weighted by molar-refractivity contribution is 0.783. The summed E-state index contributed by atoms with van der Waals surface area (Å²) in [6.07, 6.45) is -0.406. The van der Waals surface area contributed by atoms with E-state index in [0.717, 1.165) is 26.8 Å². The van der Waals surface area contributed by atoms with Gasteiger partial charge in [-0.2, -0.15) is 0 Å². The van der Waals surface area contributed by atoms with Crippen LogP contribution in [0.15, 0.2) is 82.8 Å². The van der Waals surface area contributed by atoms with E-state index in [1.165, 1.54) is 11.8 Å². The van der Waals surface area contributed by atoms with Crippen LogP contribution in [0.2, 0.25) is 15.1 Å². The summed E-state index contributed by atoms with van der Waals surface area (Å²) in [5.74, 6) is 0. The molecule has 0 fully saturated rings. The summed E-state index contributed by atoms with van der Waals surface area (Å²) in [5.41, 5.74) is 2.85. The van der Waals surface area contributed by atoms with Gasteiger partial charge in [-0.1, -0.05) is 77.3 Å². The highest BCUT2D eigenvalue weighted by atomic mass is 35.5. The number of hydrogen-bond donors (Lipinski definition) is 0. The molecule has 0 unspecified atom stereocenters. The van der Waals surface area contributed by atoms with Crippen LogP contribution in [-0.4, -0.2) is 10.1 Å². The molecule has 1 heterocycles. The number of halogens is 3. The van der Waals surface area contributed by atoms with E-state index in [1.807, 2.05) is 72.8 Å². The Morgan fingerprint density at radius 1 is 0.630 bits per heavy atom. The van der Waals surface area contributed by atoms with E-state index in [-0.39, 0.29) is 0 Å². The molecule has 1 aliphatic heterocycles. The molecule has 3 aromatic rings. The van der Waals surface area contributed by atoms with Gasteiger partial charge in [0.1, 0.15) is 10.1 Å². The van der Waals surface area contributed by atoms with Crippen LogP contribution >= 0.6 is 46.6 Å². The van der Waals surface area contributed by atoms with Gasteiger partial charge in [0.05, 0.1) is 0 Å². The summed E-state index contributed by atoms with van der Waals surface area (Å²) in [7, 11) is 0. The molecule has 2 nitrogen and oxygen atoms in total. The zero-order valence-electron chi connectivity index (χ0n) is 13.9. The Kier molecular flexibility index (Phi) is 5.55. The van der Waals surface area contributed by atoms with Gasteiger partial charge >= 0.3 is 0 Å². The Labute approximate surface area is 176 Å². The van der Waals surface area contributed by atoms with Gasteiger partial charge in [-0.15, -0.1) is 0 Å². The highest BCUT2D eigenvalue weighted by Gasteiger charge is 2.23. The maximum absolute atomic E-state index is 6.41. The Morgan fingerprint density at radius 2 is 1.11 bits per heavy atom. The molecule has 4 rings (SSSR count). The van der Waals surface area contributed by atoms with E-state index in [1.54, 1.807) is 0 Å². The first-order chi connectivity index (χ1) is 13.1. The van der Waals surface area contributed by atoms with Crippen molar-refractivity contribution >= 4 is 56.7 Å². The summed E-state index contributed by atoms with van der Waals surface area (Å²) in [6.45, 7) is 0. The number of aliphatic imine (C=N–C) groups is 2. The molecule has 0 spiro atoms. The van der Waals surface area contributed by atoms with Gasteiger partial charge in [0.15, 0.2) is 6.17 Å². The molecule has 0 saturated carbocycles. The monoisotopic (exact) mass is 430 g/mol. The van der Waals surface area contributed by atoms with Gasteiger partial charge in [-0.25, -0.2) is 9.98 Å². The summed E-state index contributed by atoms with van der Waals surface area (Å²) >= 11 is 20.0. The van der Waals surface area contributed by atoms with Gasteiger partial charge in [-0.05, 0) is 42.1 Å². The molecule has 0 amide bonds. The van der Waals surface area contributed by atoms with Crippen LogP contribution in [0.5, 0.6) is 0 Å². The number of thioether (sulfide) groups is 1. The van der Waals surface area contributed by atoms with Crippen LogP contribution in [0.1, 0.15) is 22.9 Å². The smallest absolute Gasteiger partial charge is 0.169 e. The highest BCUT2D eigenvalue weighted by molar-refractivity contribution is 8.27. The zero-order chi connectivity index (χ0) is 18.8. The van der Waals surface area contributed by atoms with E-state index in [0.29, 0.717) is 15.1 Å². The van der Waals surface area contributed by atoms with Gasteiger partial charge in [0.2, 0.25) is 0 Å². The molecule has 1 aliphatic rings. The quantitative estimate of drug-likeness (QED) is 0.427. The molecular formula is C21H13Cl3N2S. The van der Waals surface area contributed by atoms with E-state index >= 15 is 0 Å². The largest absolute Gasteiger partial charge is 0.246 e. The zero-order valence-corrected chi connectivity index (χ0v) is 17.0. The van der Waals surface area contributed by atoms with Crippen molar-refractivity contribution in [1.29, 1.82) is 0 Å². The van der Waals surface area contributed by atoms with Crippen molar-refractivity contribution in [1.82, 2.24) is 0 Å². The van der Waals surface area contributed by atoms with E-state index in [2.05, 4.69) is 0 Å². The molecule has 0 N–H and O–H groups in total. The second-order valence-electron chi connectivity index (χ2n) is 5.88. The molecule has 6 heteroatoms. The van der Waals surface area contributed by atoms with Crippen LogP contribution in [0, 0.1) is 0 Å². The van der Waals surface area contributed by atoms with Gasteiger partial charge in [0.25, 0.3) is 0 Å². The molecule has 0 saturated heterocycles. The molecule has 27 heavy (non-hydrogen) atoms. The average molecular weight is 432 g/mol. The fourth-order valence-corrected chi connectivity index (χ4v) is 4.15. The molecule has 3 aromatic carbocycles. The summed E-state index contributed by atoms with van der Waals surface area (Å²) in [6, 6.07) is 22.9. The minimum Gasteiger partial charge on any atom is -0.246 e. The lowest BCUT2D eigenvalue weighted by Crippen LogP contribution is -2.12.